The molecule has 1 aliphatic rings. The van der Waals surface area contributed by atoms with Crippen molar-refractivity contribution in [2.75, 3.05) is 4.90 Å². The molecule has 0 amide bonds. The molecule has 170 valence electrons. The lowest BCUT2D eigenvalue weighted by Crippen LogP contribution is -2.09. The topological polar surface area (TPSA) is 60.0 Å². The van der Waals surface area contributed by atoms with Crippen molar-refractivity contribution >= 4 is 55.0 Å². The molecule has 6 heteroatoms. The summed E-state index contributed by atoms with van der Waals surface area (Å²) < 4.78 is 7.79. The van der Waals surface area contributed by atoms with Crippen LogP contribution in [0.3, 0.4) is 0 Å². The Hall–Kier alpha value is -3.84. The Labute approximate surface area is 221 Å². The first kappa shape index (κ1) is 24.3. The van der Waals surface area contributed by atoms with Crippen molar-refractivity contribution in [2.24, 2.45) is 0 Å². The van der Waals surface area contributed by atoms with Gasteiger partial charge in [0.2, 0.25) is 0 Å². The van der Waals surface area contributed by atoms with Crippen LogP contribution in [0.15, 0.2) is 123 Å². The van der Waals surface area contributed by atoms with E-state index in [0.29, 0.717) is 17.1 Å². The fourth-order valence-electron chi connectivity index (χ4n) is 3.58. The van der Waals surface area contributed by atoms with E-state index in [1.807, 2.05) is 60.7 Å². The van der Waals surface area contributed by atoms with E-state index in [9.17, 15) is 0 Å². The Balaban J connectivity index is 1.62. The van der Waals surface area contributed by atoms with Crippen LogP contribution in [0.5, 0.6) is 0 Å². The molecule has 4 rings (SSSR count). The van der Waals surface area contributed by atoms with E-state index in [4.69, 9.17) is 15.3 Å². The lowest BCUT2D eigenvalue weighted by molar-refractivity contribution is 0.318. The van der Waals surface area contributed by atoms with Gasteiger partial charge in [0.25, 0.3) is 0 Å². The quantitative estimate of drug-likeness (QED) is 0.281. The van der Waals surface area contributed by atoms with Crippen LogP contribution in [0.1, 0.15) is 12.5 Å². The second-order valence-electron chi connectivity index (χ2n) is 7.67. The average molecular weight is 585 g/mol. The zero-order chi connectivity index (χ0) is 24.8. The summed E-state index contributed by atoms with van der Waals surface area (Å²) in [5, 5.41) is 18.3. The summed E-state index contributed by atoms with van der Waals surface area (Å²) in [6.45, 7) is 1.79. The Kier molecular flexibility index (Phi) is 7.67. The first-order valence-corrected chi connectivity index (χ1v) is 12.3. The molecule has 0 aromatic heterocycles. The molecule has 0 fully saturated rings. The minimum atomic E-state index is 0.0591. The number of anilines is 3. The summed E-state index contributed by atoms with van der Waals surface area (Å²) in [6.07, 6.45) is 7.15. The van der Waals surface area contributed by atoms with Gasteiger partial charge in [-0.1, -0.05) is 50.1 Å². The predicted octanol–water partition coefficient (Wildman–Crippen LogP) is 8.86. The molecule has 0 radical (unpaired) electrons. The van der Waals surface area contributed by atoms with Gasteiger partial charge in [-0.25, -0.2) is 0 Å². The summed E-state index contributed by atoms with van der Waals surface area (Å²) in [4.78, 5) is 2.19. The maximum absolute atomic E-state index is 9.16. The number of ether oxygens (including phenoxy) is 1. The van der Waals surface area contributed by atoms with E-state index in [1.165, 1.54) is 0 Å². The third-order valence-electron chi connectivity index (χ3n) is 5.21. The number of allylic oxidation sites excluding steroid dienone is 6. The second kappa shape index (κ2) is 11.1. The van der Waals surface area contributed by atoms with E-state index < -0.39 is 0 Å². The van der Waals surface area contributed by atoms with Crippen molar-refractivity contribution in [1.82, 2.24) is 0 Å². The highest BCUT2D eigenvalue weighted by Crippen LogP contribution is 2.36. The highest BCUT2D eigenvalue weighted by atomic mass is 79.9. The number of hydrogen-bond acceptors (Lipinski definition) is 4. The molecule has 0 saturated carbocycles. The molecule has 0 spiro atoms. The SMILES string of the molecule is CC1=CC(=C(C#N)C#N)C=C(/C=C/c2ccc(N(c3ccc(Br)cc3)c3ccc(Br)cc3)cc2)O1. The predicted molar refractivity (Wildman–Crippen MR) is 147 cm³/mol. The summed E-state index contributed by atoms with van der Waals surface area (Å²) in [5.41, 5.74) is 4.72. The summed E-state index contributed by atoms with van der Waals surface area (Å²) in [7, 11) is 0. The first-order chi connectivity index (χ1) is 17.0. The molecule has 0 aliphatic carbocycles. The van der Waals surface area contributed by atoms with Crippen molar-refractivity contribution in [3.05, 3.63) is 128 Å². The lowest BCUT2D eigenvalue weighted by atomic mass is 10.1. The Morgan fingerprint density at radius 2 is 1.23 bits per heavy atom. The third kappa shape index (κ3) is 6.00. The number of hydrogen-bond donors (Lipinski definition) is 0. The maximum Gasteiger partial charge on any atom is 0.137 e. The van der Waals surface area contributed by atoms with Crippen LogP contribution in [0.4, 0.5) is 17.1 Å². The molecule has 0 unspecified atom stereocenters. The minimum Gasteiger partial charge on any atom is -0.462 e. The van der Waals surface area contributed by atoms with Gasteiger partial charge in [-0.05, 0) is 91.4 Å². The van der Waals surface area contributed by atoms with Crippen LogP contribution in [0.25, 0.3) is 6.08 Å². The largest absolute Gasteiger partial charge is 0.462 e. The second-order valence-corrected chi connectivity index (χ2v) is 9.50. The molecular formula is C29H19Br2N3O. The lowest BCUT2D eigenvalue weighted by Gasteiger charge is -2.25. The fourth-order valence-corrected chi connectivity index (χ4v) is 4.11. The van der Waals surface area contributed by atoms with Gasteiger partial charge >= 0.3 is 0 Å². The van der Waals surface area contributed by atoms with Gasteiger partial charge in [0.05, 0.1) is 0 Å². The molecule has 1 aliphatic heterocycles. The minimum absolute atomic E-state index is 0.0591. The first-order valence-electron chi connectivity index (χ1n) is 10.7. The van der Waals surface area contributed by atoms with Gasteiger partial charge in [0, 0.05) is 31.6 Å². The molecule has 1 heterocycles. The van der Waals surface area contributed by atoms with Crippen LogP contribution in [0.2, 0.25) is 0 Å². The number of nitrogens with zero attached hydrogens (tertiary/aromatic N) is 3. The summed E-state index contributed by atoms with van der Waals surface area (Å²) in [6, 6.07) is 28.5. The van der Waals surface area contributed by atoms with Crippen molar-refractivity contribution < 1.29 is 4.74 Å². The number of rotatable bonds is 5. The molecule has 3 aromatic rings. The van der Waals surface area contributed by atoms with Gasteiger partial charge in [-0.3, -0.25) is 0 Å². The van der Waals surface area contributed by atoms with Crippen LogP contribution in [-0.4, -0.2) is 0 Å². The van der Waals surface area contributed by atoms with Crippen molar-refractivity contribution in [3.8, 4) is 12.1 Å². The van der Waals surface area contributed by atoms with E-state index >= 15 is 0 Å². The standard InChI is InChI=1S/C29H19Br2N3O/c1-20-16-22(23(18-32)19-33)17-29(35-20)15-4-21-2-9-26(10-3-21)34(27-11-5-24(30)6-12-27)28-13-7-25(31)8-14-28/h2-17H,1H3/b15-4+. The van der Waals surface area contributed by atoms with Crippen LogP contribution in [-0.2, 0) is 4.74 Å². The Morgan fingerprint density at radius 1 is 0.743 bits per heavy atom. The van der Waals surface area contributed by atoms with Crippen LogP contribution in [0, 0.1) is 22.7 Å². The van der Waals surface area contributed by atoms with Crippen molar-refractivity contribution in [1.29, 1.82) is 10.5 Å². The van der Waals surface area contributed by atoms with E-state index in [1.54, 1.807) is 19.1 Å². The highest BCUT2D eigenvalue weighted by molar-refractivity contribution is 9.10. The van der Waals surface area contributed by atoms with Crippen molar-refractivity contribution in [3.63, 3.8) is 0 Å². The van der Waals surface area contributed by atoms with Gasteiger partial charge in [0.15, 0.2) is 0 Å². The zero-order valence-electron chi connectivity index (χ0n) is 18.7. The monoisotopic (exact) mass is 583 g/mol. The highest BCUT2D eigenvalue weighted by Gasteiger charge is 2.13. The van der Waals surface area contributed by atoms with Gasteiger partial charge in [-0.2, -0.15) is 10.5 Å². The van der Waals surface area contributed by atoms with Crippen LogP contribution < -0.4 is 4.90 Å². The molecule has 0 saturated heterocycles. The Morgan fingerprint density at radius 3 is 1.71 bits per heavy atom. The van der Waals surface area contributed by atoms with E-state index in [-0.39, 0.29) is 5.57 Å². The Bertz CT molecular complexity index is 1370. The average Bonchev–Trinajstić information content (AvgIpc) is 2.86. The molecule has 0 bridgehead atoms. The maximum atomic E-state index is 9.16. The number of halogens is 2. The van der Waals surface area contributed by atoms with Crippen LogP contribution >= 0.6 is 31.9 Å². The fraction of sp³-hybridized carbons (Fsp3) is 0.0345. The molecule has 0 N–H and O–H groups in total. The van der Waals surface area contributed by atoms with E-state index in [2.05, 4.69) is 73.2 Å². The van der Waals surface area contributed by atoms with E-state index in [0.717, 1.165) is 31.6 Å². The molecule has 4 nitrogen and oxygen atoms in total. The molecule has 3 aromatic carbocycles. The molecular weight excluding hydrogens is 566 g/mol. The summed E-state index contributed by atoms with van der Waals surface area (Å²) in [5.74, 6) is 1.19. The normalized spacial score (nSPS) is 12.8. The summed E-state index contributed by atoms with van der Waals surface area (Å²) >= 11 is 7.03. The molecule has 35 heavy (non-hydrogen) atoms. The zero-order valence-corrected chi connectivity index (χ0v) is 21.9. The third-order valence-corrected chi connectivity index (χ3v) is 6.27. The van der Waals surface area contributed by atoms with Crippen molar-refractivity contribution in [2.45, 2.75) is 6.92 Å². The molecule has 0 atom stereocenters. The van der Waals surface area contributed by atoms with Gasteiger partial charge < -0.3 is 9.64 Å². The van der Waals surface area contributed by atoms with Gasteiger partial charge in [0.1, 0.15) is 29.2 Å². The smallest absolute Gasteiger partial charge is 0.137 e. The van der Waals surface area contributed by atoms with Gasteiger partial charge in [-0.15, -0.1) is 0 Å². The number of benzene rings is 3. The number of nitriles is 2.